The van der Waals surface area contributed by atoms with Gasteiger partial charge in [-0.1, -0.05) is 35.9 Å². The Labute approximate surface area is 144 Å². The van der Waals surface area contributed by atoms with E-state index in [2.05, 4.69) is 15.0 Å². The average Bonchev–Trinajstić information content (AvgIpc) is 3.09. The lowest BCUT2D eigenvalue weighted by Crippen LogP contribution is -2.67. The molecule has 122 valence electrons. The molecule has 0 radical (unpaired) electrons. The molecule has 0 aliphatic carbocycles. The number of H-pyrrole nitrogens is 2. The quantitative estimate of drug-likeness (QED) is 0.489. The van der Waals surface area contributed by atoms with E-state index in [1.54, 1.807) is 30.6 Å². The van der Waals surface area contributed by atoms with E-state index < -0.39 is 0 Å². The van der Waals surface area contributed by atoms with Gasteiger partial charge in [0.05, 0.1) is 0 Å². The fourth-order valence-corrected chi connectivity index (χ4v) is 2.36. The van der Waals surface area contributed by atoms with Gasteiger partial charge in [-0.15, -0.1) is 4.99 Å². The van der Waals surface area contributed by atoms with E-state index in [1.165, 1.54) is 5.56 Å². The van der Waals surface area contributed by atoms with Gasteiger partial charge < -0.3 is 9.84 Å². The summed E-state index contributed by atoms with van der Waals surface area (Å²) in [5, 5.41) is 10.4. The highest BCUT2D eigenvalue weighted by atomic mass is 35.5. The zero-order valence-electron chi connectivity index (χ0n) is 12.9. The first-order valence-electron chi connectivity index (χ1n) is 7.51. The molecule has 0 aliphatic heterocycles. The summed E-state index contributed by atoms with van der Waals surface area (Å²) in [4.78, 5) is 8.89. The van der Waals surface area contributed by atoms with Crippen LogP contribution in [0.1, 0.15) is 16.8 Å². The third kappa shape index (κ3) is 4.60. The van der Waals surface area contributed by atoms with Crippen molar-refractivity contribution in [2.45, 2.75) is 13.0 Å². The molecule has 0 bridgehead atoms. The SMILES string of the molecule is OC(=[NH+]c1ccc(Cl)cc1)OCc1ccc(Cc2c[nH+]c[nH]2)cc1. The van der Waals surface area contributed by atoms with E-state index in [1.807, 2.05) is 30.5 Å². The number of aromatic amines is 2. The predicted octanol–water partition coefficient (Wildman–Crippen LogP) is 1.92. The molecular weight excluding hydrogens is 326 g/mol. The number of aromatic nitrogens is 2. The molecule has 2 aromatic carbocycles. The van der Waals surface area contributed by atoms with Gasteiger partial charge in [0, 0.05) is 23.6 Å². The molecule has 24 heavy (non-hydrogen) atoms. The van der Waals surface area contributed by atoms with E-state index >= 15 is 0 Å². The summed E-state index contributed by atoms with van der Waals surface area (Å²) in [6, 6.07) is 15.0. The largest absolute Gasteiger partial charge is 0.551 e. The molecule has 0 spiro atoms. The molecule has 1 aromatic heterocycles. The summed E-state index contributed by atoms with van der Waals surface area (Å²) in [6.07, 6.45) is 4.32. The Balaban J connectivity index is 1.55. The van der Waals surface area contributed by atoms with Crippen LogP contribution in [0.2, 0.25) is 5.02 Å². The van der Waals surface area contributed by atoms with Crippen LogP contribution in [0.3, 0.4) is 0 Å². The number of hydrogen-bond acceptors (Lipinski definition) is 1. The van der Waals surface area contributed by atoms with Crippen molar-refractivity contribution in [3.05, 3.63) is 82.9 Å². The van der Waals surface area contributed by atoms with Gasteiger partial charge in [-0.2, -0.15) is 0 Å². The number of imidazole rings is 1. The second-order valence-electron chi connectivity index (χ2n) is 5.34. The topological polar surface area (TPSA) is 73.4 Å². The maximum atomic E-state index is 9.80. The molecule has 0 aliphatic rings. The van der Waals surface area contributed by atoms with Crippen molar-refractivity contribution in [2.24, 2.45) is 0 Å². The van der Waals surface area contributed by atoms with E-state index in [-0.39, 0.29) is 12.7 Å². The number of rotatable bonds is 5. The molecule has 0 atom stereocenters. The van der Waals surface area contributed by atoms with Crippen molar-refractivity contribution in [3.63, 3.8) is 0 Å². The Morgan fingerprint density at radius 3 is 2.46 bits per heavy atom. The fraction of sp³-hybridized carbons (Fsp3) is 0.111. The minimum atomic E-state index is -0.247. The average molecular weight is 344 g/mol. The normalized spacial score (nSPS) is 11.5. The van der Waals surface area contributed by atoms with Gasteiger partial charge >= 0.3 is 6.08 Å². The number of ether oxygens (including phenoxy) is 1. The molecule has 3 aromatic rings. The van der Waals surface area contributed by atoms with Crippen molar-refractivity contribution < 1.29 is 19.8 Å². The van der Waals surface area contributed by atoms with Crippen LogP contribution in [0.4, 0.5) is 5.69 Å². The number of hydrogen-bond donors (Lipinski definition) is 3. The first-order valence-corrected chi connectivity index (χ1v) is 7.89. The van der Waals surface area contributed by atoms with Gasteiger partial charge in [0.25, 0.3) is 0 Å². The van der Waals surface area contributed by atoms with Gasteiger partial charge in [0.1, 0.15) is 18.5 Å². The smallest absolute Gasteiger partial charge is 0.430 e. The van der Waals surface area contributed by atoms with Crippen LogP contribution in [0.5, 0.6) is 0 Å². The molecule has 0 saturated heterocycles. The van der Waals surface area contributed by atoms with Crippen molar-refractivity contribution >= 4 is 23.4 Å². The maximum absolute atomic E-state index is 9.80. The van der Waals surface area contributed by atoms with Gasteiger partial charge in [-0.3, -0.25) is 4.98 Å². The summed E-state index contributed by atoms with van der Waals surface area (Å²) in [7, 11) is 0. The number of aliphatic hydroxyl groups excluding tert-OH is 1. The minimum absolute atomic E-state index is 0.247. The first-order chi connectivity index (χ1) is 11.7. The summed E-state index contributed by atoms with van der Waals surface area (Å²) in [6.45, 7) is 0.281. The highest BCUT2D eigenvalue weighted by Gasteiger charge is 2.07. The van der Waals surface area contributed by atoms with E-state index in [0.717, 1.165) is 17.7 Å². The summed E-state index contributed by atoms with van der Waals surface area (Å²) >= 11 is 5.81. The summed E-state index contributed by atoms with van der Waals surface area (Å²) < 4.78 is 5.32. The van der Waals surface area contributed by atoms with Crippen molar-refractivity contribution in [1.82, 2.24) is 4.98 Å². The molecular formula is C18H18ClN3O2+2. The molecule has 0 unspecified atom stereocenters. The number of benzene rings is 2. The molecule has 0 saturated carbocycles. The Morgan fingerprint density at radius 2 is 1.79 bits per heavy atom. The molecule has 4 N–H and O–H groups in total. The van der Waals surface area contributed by atoms with E-state index in [4.69, 9.17) is 16.3 Å². The second-order valence-corrected chi connectivity index (χ2v) is 5.78. The molecule has 0 fully saturated rings. The number of aliphatic hydroxyl groups is 1. The minimum Gasteiger partial charge on any atom is -0.430 e. The van der Waals surface area contributed by atoms with Crippen LogP contribution in [-0.2, 0) is 17.8 Å². The van der Waals surface area contributed by atoms with Crippen molar-refractivity contribution in [1.29, 1.82) is 0 Å². The molecule has 5 nitrogen and oxygen atoms in total. The lowest BCUT2D eigenvalue weighted by atomic mass is 10.1. The van der Waals surface area contributed by atoms with Crippen molar-refractivity contribution in [3.8, 4) is 0 Å². The zero-order valence-corrected chi connectivity index (χ0v) is 13.7. The third-order valence-corrected chi connectivity index (χ3v) is 3.74. The van der Waals surface area contributed by atoms with Gasteiger partial charge in [0.2, 0.25) is 12.0 Å². The highest BCUT2D eigenvalue weighted by Crippen LogP contribution is 2.10. The van der Waals surface area contributed by atoms with Crippen molar-refractivity contribution in [2.75, 3.05) is 0 Å². The fourth-order valence-electron chi connectivity index (χ4n) is 2.24. The lowest BCUT2D eigenvalue weighted by Gasteiger charge is -2.02. The Kier molecular flexibility index (Phi) is 5.13. The van der Waals surface area contributed by atoms with Crippen LogP contribution in [-0.4, -0.2) is 16.2 Å². The highest BCUT2D eigenvalue weighted by molar-refractivity contribution is 6.30. The van der Waals surface area contributed by atoms with E-state index in [9.17, 15) is 5.11 Å². The number of nitrogens with one attached hydrogen (secondary N) is 3. The van der Waals surface area contributed by atoms with Crippen LogP contribution >= 0.6 is 11.6 Å². The molecule has 1 heterocycles. The summed E-state index contributed by atoms with van der Waals surface area (Å²) in [5.74, 6) is 0. The zero-order chi connectivity index (χ0) is 16.8. The Bertz CT molecular complexity index is 797. The van der Waals surface area contributed by atoms with Crippen LogP contribution in [0.15, 0.2) is 61.1 Å². The maximum Gasteiger partial charge on any atom is 0.551 e. The van der Waals surface area contributed by atoms with Crippen LogP contribution in [0, 0.1) is 0 Å². The Hall–Kier alpha value is -2.79. The third-order valence-electron chi connectivity index (χ3n) is 3.49. The molecule has 6 heteroatoms. The van der Waals surface area contributed by atoms with Gasteiger partial charge in [-0.05, 0) is 23.3 Å². The summed E-state index contributed by atoms with van der Waals surface area (Å²) in [5.41, 5.74) is 4.00. The Morgan fingerprint density at radius 1 is 1.08 bits per heavy atom. The van der Waals surface area contributed by atoms with E-state index in [0.29, 0.717) is 10.7 Å². The first kappa shape index (κ1) is 16.1. The van der Waals surface area contributed by atoms with Gasteiger partial charge in [0.15, 0.2) is 0 Å². The monoisotopic (exact) mass is 343 g/mol. The second kappa shape index (κ2) is 7.66. The van der Waals surface area contributed by atoms with Crippen LogP contribution in [0.25, 0.3) is 0 Å². The van der Waals surface area contributed by atoms with Gasteiger partial charge in [-0.25, -0.2) is 4.98 Å². The molecule has 0 amide bonds. The lowest BCUT2D eigenvalue weighted by molar-refractivity contribution is -0.382. The number of halogens is 1. The van der Waals surface area contributed by atoms with Crippen LogP contribution < -0.4 is 9.98 Å². The predicted molar refractivity (Wildman–Crippen MR) is 91.1 cm³/mol. The molecule has 3 rings (SSSR count). The standard InChI is InChI=1S/C18H16ClN3O2/c19-15-5-7-16(8-6-15)22-18(23)24-11-14-3-1-13(2-4-14)9-17-10-20-12-21-17/h1-8,10,12H,9,11H2,(H,20,21)(H,22,23)/p+2.